The molecule has 110 valence electrons. The molecule has 21 heavy (non-hydrogen) atoms. The van der Waals surface area contributed by atoms with Crippen LogP contribution < -0.4 is 5.32 Å². The van der Waals surface area contributed by atoms with Crippen molar-refractivity contribution in [3.05, 3.63) is 34.7 Å². The standard InChI is InChI=1S/C14H14N2O3S2/c1-8(2)12-13(19)16(14(20)21-12)7-11(18)15-9-3-5-10(17)6-4-9/h3-6,17H,7H2,1-2H3,(H,15,18). The monoisotopic (exact) mass is 322 g/mol. The smallest absolute Gasteiger partial charge is 0.266 e. The highest BCUT2D eigenvalue weighted by atomic mass is 32.2. The van der Waals surface area contributed by atoms with Crippen molar-refractivity contribution in [2.45, 2.75) is 13.8 Å². The Morgan fingerprint density at radius 2 is 1.95 bits per heavy atom. The number of nitrogens with zero attached hydrogens (tertiary/aromatic N) is 1. The average molecular weight is 322 g/mol. The first-order chi connectivity index (χ1) is 9.88. The third-order valence-corrected chi connectivity index (χ3v) is 4.41. The van der Waals surface area contributed by atoms with Gasteiger partial charge < -0.3 is 10.4 Å². The molecule has 0 aliphatic carbocycles. The summed E-state index contributed by atoms with van der Waals surface area (Å²) >= 11 is 6.35. The highest BCUT2D eigenvalue weighted by Crippen LogP contribution is 2.32. The molecule has 1 aromatic carbocycles. The fraction of sp³-hybridized carbons (Fsp3) is 0.214. The number of allylic oxidation sites excluding steroid dienone is 1. The van der Waals surface area contributed by atoms with E-state index in [4.69, 9.17) is 12.2 Å². The van der Waals surface area contributed by atoms with Gasteiger partial charge in [-0.15, -0.1) is 0 Å². The van der Waals surface area contributed by atoms with Crippen molar-refractivity contribution in [1.29, 1.82) is 0 Å². The van der Waals surface area contributed by atoms with Gasteiger partial charge in [0.05, 0.1) is 4.91 Å². The van der Waals surface area contributed by atoms with Gasteiger partial charge in [-0.1, -0.05) is 29.6 Å². The first-order valence-electron chi connectivity index (χ1n) is 6.18. The van der Waals surface area contributed by atoms with E-state index in [0.717, 1.165) is 5.57 Å². The van der Waals surface area contributed by atoms with E-state index < -0.39 is 0 Å². The summed E-state index contributed by atoms with van der Waals surface area (Å²) in [6.07, 6.45) is 0. The maximum Gasteiger partial charge on any atom is 0.266 e. The molecule has 1 fully saturated rings. The maximum absolute atomic E-state index is 12.1. The largest absolute Gasteiger partial charge is 0.508 e. The van der Waals surface area contributed by atoms with Gasteiger partial charge in [-0.05, 0) is 38.1 Å². The molecule has 1 aliphatic heterocycles. The number of benzene rings is 1. The molecular weight excluding hydrogens is 308 g/mol. The Morgan fingerprint density at radius 3 is 2.48 bits per heavy atom. The van der Waals surface area contributed by atoms with Gasteiger partial charge in [0.2, 0.25) is 5.91 Å². The van der Waals surface area contributed by atoms with Crippen LogP contribution >= 0.6 is 24.0 Å². The Balaban J connectivity index is 2.03. The number of thiocarbonyl (C=S) groups is 1. The molecule has 2 rings (SSSR count). The second-order valence-electron chi connectivity index (χ2n) is 4.68. The Hall–Kier alpha value is -1.86. The molecule has 2 amide bonds. The number of rotatable bonds is 3. The van der Waals surface area contributed by atoms with E-state index in [9.17, 15) is 14.7 Å². The minimum atomic E-state index is -0.341. The third-order valence-electron chi connectivity index (χ3n) is 2.76. The minimum absolute atomic E-state index is 0.119. The Labute approximate surface area is 132 Å². The van der Waals surface area contributed by atoms with E-state index in [1.54, 1.807) is 12.1 Å². The first-order valence-corrected chi connectivity index (χ1v) is 7.41. The predicted molar refractivity (Wildman–Crippen MR) is 87.0 cm³/mol. The van der Waals surface area contributed by atoms with Crippen molar-refractivity contribution >= 4 is 45.8 Å². The van der Waals surface area contributed by atoms with Crippen molar-refractivity contribution in [2.24, 2.45) is 0 Å². The lowest BCUT2D eigenvalue weighted by Gasteiger charge is -2.14. The summed E-state index contributed by atoms with van der Waals surface area (Å²) in [4.78, 5) is 26.0. The molecule has 5 nitrogen and oxygen atoms in total. The van der Waals surface area contributed by atoms with Gasteiger partial charge in [0.1, 0.15) is 16.6 Å². The fourth-order valence-corrected chi connectivity index (χ4v) is 2.96. The summed E-state index contributed by atoms with van der Waals surface area (Å²) in [5.74, 6) is -0.452. The van der Waals surface area contributed by atoms with Crippen LogP contribution in [0.1, 0.15) is 13.8 Å². The zero-order valence-corrected chi connectivity index (χ0v) is 13.2. The van der Waals surface area contributed by atoms with Crippen LogP contribution in [-0.2, 0) is 9.59 Å². The number of thioether (sulfide) groups is 1. The molecule has 0 radical (unpaired) electrons. The average Bonchev–Trinajstić information content (AvgIpc) is 2.69. The van der Waals surface area contributed by atoms with E-state index in [0.29, 0.717) is 14.9 Å². The van der Waals surface area contributed by atoms with E-state index in [-0.39, 0.29) is 24.1 Å². The van der Waals surface area contributed by atoms with Crippen LogP contribution in [0.15, 0.2) is 34.7 Å². The summed E-state index contributed by atoms with van der Waals surface area (Å²) < 4.78 is 0.386. The molecule has 1 aliphatic rings. The molecule has 0 spiro atoms. The maximum atomic E-state index is 12.1. The molecule has 0 unspecified atom stereocenters. The number of anilines is 1. The highest BCUT2D eigenvalue weighted by Gasteiger charge is 2.33. The first kappa shape index (κ1) is 15.5. The van der Waals surface area contributed by atoms with Gasteiger partial charge in [0.25, 0.3) is 5.91 Å². The van der Waals surface area contributed by atoms with Crippen molar-refractivity contribution < 1.29 is 14.7 Å². The van der Waals surface area contributed by atoms with E-state index in [1.165, 1.54) is 28.8 Å². The van der Waals surface area contributed by atoms with Gasteiger partial charge in [-0.3, -0.25) is 14.5 Å². The van der Waals surface area contributed by atoms with Crippen LogP contribution in [0.4, 0.5) is 5.69 Å². The van der Waals surface area contributed by atoms with Gasteiger partial charge in [-0.25, -0.2) is 0 Å². The van der Waals surface area contributed by atoms with Crippen LogP contribution in [0.5, 0.6) is 5.75 Å². The van der Waals surface area contributed by atoms with Crippen LogP contribution in [0.3, 0.4) is 0 Å². The van der Waals surface area contributed by atoms with Crippen LogP contribution in [0, 0.1) is 0 Å². The lowest BCUT2D eigenvalue weighted by atomic mass is 10.3. The third kappa shape index (κ3) is 3.62. The molecule has 7 heteroatoms. The summed E-state index contributed by atoms with van der Waals surface area (Å²) in [5, 5.41) is 11.8. The summed E-state index contributed by atoms with van der Waals surface area (Å²) in [6.45, 7) is 3.55. The predicted octanol–water partition coefficient (Wildman–Crippen LogP) is 2.48. The molecule has 1 aromatic rings. The van der Waals surface area contributed by atoms with Gasteiger partial charge in [-0.2, -0.15) is 0 Å². The number of phenols is 1. The highest BCUT2D eigenvalue weighted by molar-refractivity contribution is 8.26. The summed E-state index contributed by atoms with van der Waals surface area (Å²) in [6, 6.07) is 6.10. The summed E-state index contributed by atoms with van der Waals surface area (Å²) in [7, 11) is 0. The van der Waals surface area contributed by atoms with Crippen molar-refractivity contribution in [1.82, 2.24) is 4.90 Å². The molecule has 0 saturated carbocycles. The second-order valence-corrected chi connectivity index (χ2v) is 6.33. The van der Waals surface area contributed by atoms with Crippen LogP contribution in [0.2, 0.25) is 0 Å². The van der Waals surface area contributed by atoms with Gasteiger partial charge in [0, 0.05) is 5.69 Å². The quantitative estimate of drug-likeness (QED) is 0.508. The number of phenolic OH excluding ortho intramolecular Hbond substituents is 1. The Morgan fingerprint density at radius 1 is 1.33 bits per heavy atom. The molecule has 0 atom stereocenters. The SMILES string of the molecule is CC(C)=C1SC(=S)N(CC(=O)Nc2ccc(O)cc2)C1=O. The van der Waals surface area contributed by atoms with Gasteiger partial charge >= 0.3 is 0 Å². The summed E-state index contributed by atoms with van der Waals surface area (Å²) in [5.41, 5.74) is 1.43. The number of nitrogens with one attached hydrogen (secondary N) is 1. The lowest BCUT2D eigenvalue weighted by Crippen LogP contribution is -2.36. The van der Waals surface area contributed by atoms with E-state index >= 15 is 0 Å². The van der Waals surface area contributed by atoms with Crippen LogP contribution in [0.25, 0.3) is 0 Å². The number of hydrogen-bond donors (Lipinski definition) is 2. The molecular formula is C14H14N2O3S2. The van der Waals surface area contributed by atoms with Crippen LogP contribution in [-0.4, -0.2) is 32.7 Å². The second kappa shape index (κ2) is 6.28. The number of carbonyl (C=O) groups is 2. The lowest BCUT2D eigenvalue weighted by molar-refractivity contribution is -0.126. The van der Waals surface area contributed by atoms with E-state index in [1.807, 2.05) is 13.8 Å². The topological polar surface area (TPSA) is 69.6 Å². The molecule has 1 heterocycles. The zero-order valence-electron chi connectivity index (χ0n) is 11.5. The normalized spacial score (nSPS) is 14.6. The minimum Gasteiger partial charge on any atom is -0.508 e. The van der Waals surface area contributed by atoms with Crippen molar-refractivity contribution in [3.63, 3.8) is 0 Å². The number of hydrogen-bond acceptors (Lipinski definition) is 5. The fourth-order valence-electron chi connectivity index (χ4n) is 1.73. The Kier molecular flexibility index (Phi) is 4.64. The number of carbonyl (C=O) groups excluding carboxylic acids is 2. The van der Waals surface area contributed by atoms with Crippen molar-refractivity contribution in [2.75, 3.05) is 11.9 Å². The van der Waals surface area contributed by atoms with Gasteiger partial charge in [0.15, 0.2) is 0 Å². The molecule has 0 bridgehead atoms. The zero-order chi connectivity index (χ0) is 15.6. The molecule has 0 aromatic heterocycles. The Bertz CT molecular complexity index is 634. The number of amides is 2. The number of aromatic hydroxyl groups is 1. The molecule has 1 saturated heterocycles. The van der Waals surface area contributed by atoms with Crippen molar-refractivity contribution in [3.8, 4) is 5.75 Å². The molecule has 2 N–H and O–H groups in total. The van der Waals surface area contributed by atoms with E-state index in [2.05, 4.69) is 5.32 Å².